The van der Waals surface area contributed by atoms with E-state index in [0.717, 1.165) is 19.5 Å². The van der Waals surface area contributed by atoms with E-state index in [1.807, 2.05) is 18.0 Å². The Morgan fingerprint density at radius 1 is 1.35 bits per heavy atom. The van der Waals surface area contributed by atoms with Crippen LogP contribution in [-0.2, 0) is 13.1 Å². The Kier molecular flexibility index (Phi) is 4.43. The number of aryl methyl sites for hydroxylation is 1. The Morgan fingerprint density at radius 2 is 2.25 bits per heavy atom. The highest BCUT2D eigenvalue weighted by Gasteiger charge is 2.19. The lowest BCUT2D eigenvalue weighted by Crippen LogP contribution is -2.25. The van der Waals surface area contributed by atoms with Gasteiger partial charge in [0.05, 0.1) is 5.69 Å². The van der Waals surface area contributed by atoms with E-state index < -0.39 is 0 Å². The van der Waals surface area contributed by atoms with Gasteiger partial charge >= 0.3 is 0 Å². The van der Waals surface area contributed by atoms with Crippen molar-refractivity contribution < 1.29 is 0 Å². The molecule has 1 unspecified atom stereocenters. The van der Waals surface area contributed by atoms with E-state index in [1.54, 1.807) is 0 Å². The molecule has 1 atom stereocenters. The van der Waals surface area contributed by atoms with Crippen molar-refractivity contribution in [2.75, 3.05) is 5.75 Å². The fourth-order valence-electron chi connectivity index (χ4n) is 2.71. The van der Waals surface area contributed by atoms with Crippen LogP contribution in [0.5, 0.6) is 0 Å². The second-order valence-corrected chi connectivity index (χ2v) is 6.29. The molecule has 3 rings (SSSR count). The van der Waals surface area contributed by atoms with Crippen LogP contribution in [0.25, 0.3) is 0 Å². The first-order valence-electron chi connectivity index (χ1n) is 7.34. The zero-order chi connectivity index (χ0) is 13.8. The summed E-state index contributed by atoms with van der Waals surface area (Å²) in [6.45, 7) is 4.08. The van der Waals surface area contributed by atoms with Gasteiger partial charge in [-0.1, -0.05) is 25.1 Å². The Bertz CT molecular complexity index is 564. The molecule has 1 aliphatic rings. The summed E-state index contributed by atoms with van der Waals surface area (Å²) in [5.74, 6) is 1.20. The van der Waals surface area contributed by atoms with Crippen LogP contribution in [0, 0.1) is 0 Å². The van der Waals surface area contributed by atoms with Crippen LogP contribution in [0.15, 0.2) is 41.4 Å². The van der Waals surface area contributed by atoms with Crippen molar-refractivity contribution in [2.45, 2.75) is 43.8 Å². The third-order valence-electron chi connectivity index (χ3n) is 3.73. The minimum atomic E-state index is 0.470. The number of hydrogen-bond donors (Lipinski definition) is 1. The lowest BCUT2D eigenvalue weighted by molar-refractivity contribution is 0.481. The normalized spacial score (nSPS) is 17.9. The van der Waals surface area contributed by atoms with Crippen molar-refractivity contribution in [3.8, 4) is 0 Å². The van der Waals surface area contributed by atoms with Gasteiger partial charge in [-0.3, -0.25) is 4.68 Å². The maximum Gasteiger partial charge on any atom is 0.0522 e. The van der Waals surface area contributed by atoms with E-state index in [4.69, 9.17) is 0 Å². The first-order valence-corrected chi connectivity index (χ1v) is 8.33. The number of benzene rings is 1. The molecule has 1 N–H and O–H groups in total. The van der Waals surface area contributed by atoms with E-state index in [-0.39, 0.29) is 0 Å². The summed E-state index contributed by atoms with van der Waals surface area (Å²) in [6, 6.07) is 11.3. The summed E-state index contributed by atoms with van der Waals surface area (Å²) in [5, 5.41) is 8.09. The molecule has 0 radical (unpaired) electrons. The van der Waals surface area contributed by atoms with Gasteiger partial charge in [-0.25, -0.2) is 0 Å². The molecule has 0 spiro atoms. The SMILES string of the molecule is CCCn1nccc1CNC1CCSc2ccccc21. The highest BCUT2D eigenvalue weighted by molar-refractivity contribution is 7.99. The van der Waals surface area contributed by atoms with E-state index in [0.29, 0.717) is 6.04 Å². The second kappa shape index (κ2) is 6.46. The molecule has 0 aliphatic carbocycles. The van der Waals surface area contributed by atoms with Gasteiger partial charge in [0.1, 0.15) is 0 Å². The van der Waals surface area contributed by atoms with Crippen LogP contribution in [0.4, 0.5) is 0 Å². The lowest BCUT2D eigenvalue weighted by atomic mass is 10.0. The fourth-order valence-corrected chi connectivity index (χ4v) is 3.83. The van der Waals surface area contributed by atoms with Crippen LogP contribution in [0.1, 0.15) is 37.1 Å². The number of nitrogens with one attached hydrogen (secondary N) is 1. The summed E-state index contributed by atoms with van der Waals surface area (Å²) >= 11 is 1.97. The van der Waals surface area contributed by atoms with Gasteiger partial charge < -0.3 is 5.32 Å². The first-order chi connectivity index (χ1) is 9.88. The Morgan fingerprint density at radius 3 is 3.15 bits per heavy atom. The zero-order valence-corrected chi connectivity index (χ0v) is 12.7. The maximum absolute atomic E-state index is 4.39. The molecule has 106 valence electrons. The number of nitrogens with zero attached hydrogens (tertiary/aromatic N) is 2. The van der Waals surface area contributed by atoms with Crippen molar-refractivity contribution in [1.29, 1.82) is 0 Å². The Balaban J connectivity index is 1.69. The largest absolute Gasteiger partial charge is 0.304 e. The molecule has 0 saturated heterocycles. The first kappa shape index (κ1) is 13.7. The number of thioether (sulfide) groups is 1. The van der Waals surface area contributed by atoms with E-state index >= 15 is 0 Å². The zero-order valence-electron chi connectivity index (χ0n) is 11.9. The molecule has 0 bridgehead atoms. The molecule has 0 fully saturated rings. The minimum absolute atomic E-state index is 0.470. The van der Waals surface area contributed by atoms with Gasteiger partial charge in [0.25, 0.3) is 0 Å². The van der Waals surface area contributed by atoms with Crippen LogP contribution in [0.3, 0.4) is 0 Å². The van der Waals surface area contributed by atoms with Crippen LogP contribution >= 0.6 is 11.8 Å². The predicted molar refractivity (Wildman–Crippen MR) is 83.9 cm³/mol. The second-order valence-electron chi connectivity index (χ2n) is 5.15. The highest BCUT2D eigenvalue weighted by atomic mass is 32.2. The number of fused-ring (bicyclic) bond motifs is 1. The number of hydrogen-bond acceptors (Lipinski definition) is 3. The summed E-state index contributed by atoms with van der Waals surface area (Å²) in [6.07, 6.45) is 4.22. The standard InChI is InChI=1S/C16H21N3S/c1-2-10-19-13(7-9-18-19)12-17-15-8-11-20-16-6-4-3-5-14(15)16/h3-7,9,15,17H,2,8,10-12H2,1H3. The Labute approximate surface area is 124 Å². The molecular weight excluding hydrogens is 266 g/mol. The quantitative estimate of drug-likeness (QED) is 0.911. The van der Waals surface area contributed by atoms with Crippen molar-refractivity contribution in [2.24, 2.45) is 0 Å². The van der Waals surface area contributed by atoms with Gasteiger partial charge in [-0.2, -0.15) is 5.10 Å². The molecule has 2 heterocycles. The topological polar surface area (TPSA) is 29.9 Å². The highest BCUT2D eigenvalue weighted by Crippen LogP contribution is 2.35. The van der Waals surface area contributed by atoms with E-state index in [9.17, 15) is 0 Å². The van der Waals surface area contributed by atoms with E-state index in [2.05, 4.69) is 52.4 Å². The van der Waals surface area contributed by atoms with Crippen molar-refractivity contribution in [1.82, 2.24) is 15.1 Å². The summed E-state index contributed by atoms with van der Waals surface area (Å²) in [4.78, 5) is 1.43. The molecule has 2 aromatic rings. The molecule has 20 heavy (non-hydrogen) atoms. The van der Waals surface area contributed by atoms with Gasteiger partial charge in [-0.05, 0) is 36.3 Å². The fraction of sp³-hybridized carbons (Fsp3) is 0.438. The molecule has 0 amide bonds. The molecule has 1 aliphatic heterocycles. The molecular formula is C16H21N3S. The predicted octanol–water partition coefficient (Wildman–Crippen LogP) is 3.62. The number of aromatic nitrogens is 2. The van der Waals surface area contributed by atoms with E-state index in [1.165, 1.54) is 28.3 Å². The Hall–Kier alpha value is -1.26. The van der Waals surface area contributed by atoms with Crippen LogP contribution in [0.2, 0.25) is 0 Å². The van der Waals surface area contributed by atoms with Crippen molar-refractivity contribution in [3.63, 3.8) is 0 Å². The average molecular weight is 287 g/mol. The monoisotopic (exact) mass is 287 g/mol. The smallest absolute Gasteiger partial charge is 0.0522 e. The van der Waals surface area contributed by atoms with Gasteiger partial charge in [0.15, 0.2) is 0 Å². The van der Waals surface area contributed by atoms with Crippen molar-refractivity contribution >= 4 is 11.8 Å². The minimum Gasteiger partial charge on any atom is -0.304 e. The summed E-state index contributed by atoms with van der Waals surface area (Å²) in [5.41, 5.74) is 2.73. The molecule has 1 aromatic carbocycles. The van der Waals surface area contributed by atoms with Gasteiger partial charge in [0, 0.05) is 30.2 Å². The molecule has 1 aromatic heterocycles. The number of rotatable bonds is 5. The average Bonchev–Trinajstić information content (AvgIpc) is 2.93. The van der Waals surface area contributed by atoms with Crippen LogP contribution in [-0.4, -0.2) is 15.5 Å². The molecule has 4 heteroatoms. The summed E-state index contributed by atoms with van der Waals surface area (Å²) in [7, 11) is 0. The van der Waals surface area contributed by atoms with Gasteiger partial charge in [0.2, 0.25) is 0 Å². The third-order valence-corrected chi connectivity index (χ3v) is 4.85. The third kappa shape index (κ3) is 2.91. The molecule has 3 nitrogen and oxygen atoms in total. The molecule has 0 saturated carbocycles. The van der Waals surface area contributed by atoms with Crippen molar-refractivity contribution in [3.05, 3.63) is 47.8 Å². The van der Waals surface area contributed by atoms with Crippen LogP contribution < -0.4 is 5.32 Å². The summed E-state index contributed by atoms with van der Waals surface area (Å²) < 4.78 is 2.11. The van der Waals surface area contributed by atoms with Gasteiger partial charge in [-0.15, -0.1) is 11.8 Å². The maximum atomic E-state index is 4.39. The lowest BCUT2D eigenvalue weighted by Gasteiger charge is -2.26.